The summed E-state index contributed by atoms with van der Waals surface area (Å²) < 4.78 is 5.90. The molecule has 0 atom stereocenters. The van der Waals surface area contributed by atoms with Crippen LogP contribution in [0.25, 0.3) is 28.2 Å². The summed E-state index contributed by atoms with van der Waals surface area (Å²) in [5, 5.41) is 16.5. The molecule has 8 heteroatoms. The van der Waals surface area contributed by atoms with Crippen LogP contribution < -0.4 is 5.32 Å². The Morgan fingerprint density at radius 3 is 3.12 bits per heavy atom. The van der Waals surface area contributed by atoms with Crippen molar-refractivity contribution in [3.63, 3.8) is 0 Å². The number of hydrogen-bond acceptors (Lipinski definition) is 5. The lowest BCUT2D eigenvalue weighted by Gasteiger charge is -2.06. The monoisotopic (exact) mass is 334 g/mol. The number of hydrogen-bond donors (Lipinski definition) is 1. The highest BCUT2D eigenvalue weighted by Gasteiger charge is 2.16. The SMILES string of the molecule is Cn1nnc2cc(-n3ccnc3-c3cc4n(n3)CCCNC4)ccc21. The van der Waals surface area contributed by atoms with Crippen molar-refractivity contribution in [1.82, 2.24) is 39.6 Å². The van der Waals surface area contributed by atoms with Crippen LogP contribution in [0.5, 0.6) is 0 Å². The Bertz CT molecular complexity index is 1030. The van der Waals surface area contributed by atoms with Crippen molar-refractivity contribution in [2.45, 2.75) is 19.5 Å². The van der Waals surface area contributed by atoms with Gasteiger partial charge < -0.3 is 5.32 Å². The van der Waals surface area contributed by atoms with E-state index in [-0.39, 0.29) is 0 Å². The van der Waals surface area contributed by atoms with Gasteiger partial charge in [0.15, 0.2) is 5.82 Å². The van der Waals surface area contributed by atoms with E-state index in [0.29, 0.717) is 0 Å². The molecule has 0 spiro atoms. The van der Waals surface area contributed by atoms with Crippen LogP contribution in [-0.4, -0.2) is 40.9 Å². The minimum atomic E-state index is 0.837. The van der Waals surface area contributed by atoms with Crippen molar-refractivity contribution >= 4 is 11.0 Å². The molecule has 0 aliphatic carbocycles. The molecule has 4 heterocycles. The quantitative estimate of drug-likeness (QED) is 0.601. The molecule has 1 aromatic carbocycles. The van der Waals surface area contributed by atoms with Crippen molar-refractivity contribution in [1.29, 1.82) is 0 Å². The van der Waals surface area contributed by atoms with Crippen molar-refractivity contribution in [3.8, 4) is 17.2 Å². The third kappa shape index (κ3) is 2.33. The van der Waals surface area contributed by atoms with E-state index in [9.17, 15) is 0 Å². The zero-order chi connectivity index (χ0) is 16.8. The van der Waals surface area contributed by atoms with Crippen LogP contribution in [0.2, 0.25) is 0 Å². The van der Waals surface area contributed by atoms with Gasteiger partial charge in [-0.3, -0.25) is 9.25 Å². The minimum Gasteiger partial charge on any atom is -0.311 e. The second-order valence-corrected chi connectivity index (χ2v) is 6.28. The molecule has 4 aromatic rings. The largest absolute Gasteiger partial charge is 0.311 e. The van der Waals surface area contributed by atoms with Gasteiger partial charge in [-0.05, 0) is 37.2 Å². The molecule has 25 heavy (non-hydrogen) atoms. The lowest BCUT2D eigenvalue weighted by molar-refractivity contribution is 0.588. The first kappa shape index (κ1) is 14.4. The van der Waals surface area contributed by atoms with Crippen molar-refractivity contribution in [2.24, 2.45) is 7.05 Å². The number of nitrogens with zero attached hydrogens (tertiary/aromatic N) is 7. The molecule has 0 fully saturated rings. The highest BCUT2D eigenvalue weighted by atomic mass is 15.4. The van der Waals surface area contributed by atoms with Gasteiger partial charge in [0.2, 0.25) is 0 Å². The van der Waals surface area contributed by atoms with Gasteiger partial charge >= 0.3 is 0 Å². The minimum absolute atomic E-state index is 0.837. The van der Waals surface area contributed by atoms with E-state index in [2.05, 4.69) is 37.4 Å². The van der Waals surface area contributed by atoms with Gasteiger partial charge in [0.1, 0.15) is 11.2 Å². The Hall–Kier alpha value is -3.00. The maximum absolute atomic E-state index is 4.77. The van der Waals surface area contributed by atoms with E-state index in [0.717, 1.165) is 54.3 Å². The number of imidazole rings is 1. The van der Waals surface area contributed by atoms with E-state index < -0.39 is 0 Å². The highest BCUT2D eigenvalue weighted by molar-refractivity contribution is 5.77. The summed E-state index contributed by atoms with van der Waals surface area (Å²) in [5.41, 5.74) is 4.96. The summed E-state index contributed by atoms with van der Waals surface area (Å²) in [6, 6.07) is 8.23. The zero-order valence-corrected chi connectivity index (χ0v) is 13.9. The molecule has 0 saturated heterocycles. The van der Waals surface area contributed by atoms with Gasteiger partial charge in [0, 0.05) is 38.2 Å². The molecule has 1 aliphatic heterocycles. The van der Waals surface area contributed by atoms with Crippen LogP contribution in [-0.2, 0) is 20.1 Å². The lowest BCUT2D eigenvalue weighted by atomic mass is 10.2. The van der Waals surface area contributed by atoms with Crippen molar-refractivity contribution < 1.29 is 0 Å². The van der Waals surface area contributed by atoms with Gasteiger partial charge in [-0.1, -0.05) is 5.21 Å². The van der Waals surface area contributed by atoms with Gasteiger partial charge in [0.05, 0.1) is 11.2 Å². The van der Waals surface area contributed by atoms with Gasteiger partial charge in [-0.2, -0.15) is 5.10 Å². The van der Waals surface area contributed by atoms with E-state index >= 15 is 0 Å². The van der Waals surface area contributed by atoms with Gasteiger partial charge in [0.25, 0.3) is 0 Å². The first-order valence-electron chi connectivity index (χ1n) is 8.40. The molecule has 0 saturated carbocycles. The smallest absolute Gasteiger partial charge is 0.165 e. The van der Waals surface area contributed by atoms with Crippen LogP contribution in [0.3, 0.4) is 0 Å². The standard InChI is InChI=1S/C17H18N8/c1-23-16-4-3-12(9-14(16)20-22-23)24-8-6-19-17(24)15-10-13-11-18-5-2-7-25(13)21-15/h3-4,6,8-10,18H,2,5,7,11H2,1H3. The topological polar surface area (TPSA) is 78.4 Å². The lowest BCUT2D eigenvalue weighted by Crippen LogP contribution is -2.11. The Kier molecular flexibility index (Phi) is 3.17. The average Bonchev–Trinajstić information content (AvgIpc) is 3.31. The Morgan fingerprint density at radius 1 is 1.20 bits per heavy atom. The van der Waals surface area contributed by atoms with Crippen molar-refractivity contribution in [3.05, 3.63) is 42.4 Å². The molecule has 0 amide bonds. The van der Waals surface area contributed by atoms with Gasteiger partial charge in [-0.15, -0.1) is 5.10 Å². The Balaban J connectivity index is 1.59. The normalized spacial score (nSPS) is 14.6. The Morgan fingerprint density at radius 2 is 2.16 bits per heavy atom. The molecule has 1 N–H and O–H groups in total. The molecule has 3 aromatic heterocycles. The predicted molar refractivity (Wildman–Crippen MR) is 93.2 cm³/mol. The number of rotatable bonds is 2. The van der Waals surface area contributed by atoms with Crippen molar-refractivity contribution in [2.75, 3.05) is 6.54 Å². The molecule has 0 radical (unpaired) electrons. The van der Waals surface area contributed by atoms with Crippen LogP contribution in [0.15, 0.2) is 36.7 Å². The summed E-state index contributed by atoms with van der Waals surface area (Å²) in [5.74, 6) is 0.837. The first-order chi connectivity index (χ1) is 12.3. The predicted octanol–water partition coefficient (Wildman–Crippen LogP) is 1.51. The average molecular weight is 334 g/mol. The number of aryl methyl sites for hydroxylation is 2. The number of fused-ring (bicyclic) bond motifs is 2. The van der Waals surface area contributed by atoms with E-state index in [4.69, 9.17) is 5.10 Å². The van der Waals surface area contributed by atoms with E-state index in [1.54, 1.807) is 10.9 Å². The summed E-state index contributed by atoms with van der Waals surface area (Å²) >= 11 is 0. The summed E-state index contributed by atoms with van der Waals surface area (Å²) in [6.07, 6.45) is 4.85. The van der Waals surface area contributed by atoms with Crippen LogP contribution in [0, 0.1) is 0 Å². The fraction of sp³-hybridized carbons (Fsp3) is 0.294. The fourth-order valence-electron chi connectivity index (χ4n) is 3.35. The third-order valence-electron chi connectivity index (χ3n) is 4.64. The van der Waals surface area contributed by atoms with Crippen LogP contribution in [0.1, 0.15) is 12.1 Å². The number of aromatic nitrogens is 7. The molecule has 0 unspecified atom stereocenters. The van der Waals surface area contributed by atoms with Crippen LogP contribution in [0.4, 0.5) is 0 Å². The summed E-state index contributed by atoms with van der Waals surface area (Å²) in [7, 11) is 1.89. The molecular weight excluding hydrogens is 316 g/mol. The molecule has 126 valence electrons. The molecule has 1 aliphatic rings. The molecule has 8 nitrogen and oxygen atoms in total. The maximum Gasteiger partial charge on any atom is 0.165 e. The van der Waals surface area contributed by atoms with E-state index in [1.807, 2.05) is 29.9 Å². The first-order valence-corrected chi connectivity index (χ1v) is 8.40. The zero-order valence-electron chi connectivity index (χ0n) is 13.9. The number of nitrogens with one attached hydrogen (secondary N) is 1. The second kappa shape index (κ2) is 5.52. The summed E-state index contributed by atoms with van der Waals surface area (Å²) in [4.78, 5) is 4.54. The molecular formula is C17H18N8. The fourth-order valence-corrected chi connectivity index (χ4v) is 3.35. The Labute approximate surface area is 144 Å². The van der Waals surface area contributed by atoms with E-state index in [1.165, 1.54) is 5.69 Å². The highest BCUT2D eigenvalue weighted by Crippen LogP contribution is 2.24. The molecule has 5 rings (SSSR count). The summed E-state index contributed by atoms with van der Waals surface area (Å²) in [6.45, 7) is 2.82. The second-order valence-electron chi connectivity index (χ2n) is 6.28. The maximum atomic E-state index is 4.77. The molecule has 0 bridgehead atoms. The van der Waals surface area contributed by atoms with Gasteiger partial charge in [-0.25, -0.2) is 9.67 Å². The van der Waals surface area contributed by atoms with Crippen LogP contribution >= 0.6 is 0 Å². The third-order valence-corrected chi connectivity index (χ3v) is 4.64. The number of benzene rings is 1.